The molecule has 3 rings (SSSR count). The second-order valence-electron chi connectivity index (χ2n) is 6.97. The molecule has 0 atom stereocenters. The van der Waals surface area contributed by atoms with Crippen LogP contribution in [-0.4, -0.2) is 53.6 Å². The molecule has 11 heteroatoms. The first-order valence-corrected chi connectivity index (χ1v) is 11.7. The van der Waals surface area contributed by atoms with E-state index >= 15 is 0 Å². The Bertz CT molecular complexity index is 1310. The summed E-state index contributed by atoms with van der Waals surface area (Å²) in [5, 5.41) is 2.42. The summed E-state index contributed by atoms with van der Waals surface area (Å²) in [5.74, 6) is -1.26. The maximum Gasteiger partial charge on any atom is 0.325 e. The minimum absolute atomic E-state index is 0.0842. The number of pyridine rings is 1. The van der Waals surface area contributed by atoms with E-state index in [1.54, 1.807) is 38.2 Å². The van der Waals surface area contributed by atoms with Crippen LogP contribution in [0.4, 0.5) is 0 Å². The van der Waals surface area contributed by atoms with Crippen molar-refractivity contribution in [3.05, 3.63) is 76.3 Å². The highest BCUT2D eigenvalue weighted by Crippen LogP contribution is 2.16. The van der Waals surface area contributed by atoms with Gasteiger partial charge in [0.05, 0.1) is 10.6 Å². The van der Waals surface area contributed by atoms with Crippen molar-refractivity contribution in [2.24, 2.45) is 0 Å². The zero-order chi connectivity index (χ0) is 24.0. The normalized spacial score (nSPS) is 11.5. The minimum Gasteiger partial charge on any atom is -0.458 e. The molecule has 174 valence electrons. The topological polar surface area (TPSA) is 127 Å². The van der Waals surface area contributed by atoms with Crippen molar-refractivity contribution < 1.29 is 22.7 Å². The predicted molar refractivity (Wildman–Crippen MR) is 120 cm³/mol. The maximum atomic E-state index is 12.5. The molecule has 1 amide bonds. The molecule has 0 fully saturated rings. The van der Waals surface area contributed by atoms with Crippen LogP contribution in [0.1, 0.15) is 29.9 Å². The number of sulfonamides is 1. The third-order valence-electron chi connectivity index (χ3n) is 4.86. The van der Waals surface area contributed by atoms with Gasteiger partial charge in [-0.3, -0.25) is 18.8 Å². The lowest BCUT2D eigenvalue weighted by Crippen LogP contribution is -2.31. The lowest BCUT2D eigenvalue weighted by Gasteiger charge is -2.18. The standard InChI is InChI=1S/C22H24N4O6S/c1-3-25(4-2)33(30,31)18-10-8-16(9-11-18)22(29)23-14-21(28)32-15-17-13-20(27)26-12-6-5-7-19(26)24-17/h5-13H,3-4,14-15H2,1-2H3,(H,23,29). The molecule has 0 saturated heterocycles. The number of hydrogen-bond donors (Lipinski definition) is 1. The second kappa shape index (κ2) is 10.4. The largest absolute Gasteiger partial charge is 0.458 e. The van der Waals surface area contributed by atoms with Gasteiger partial charge in [-0.25, -0.2) is 13.4 Å². The summed E-state index contributed by atoms with van der Waals surface area (Å²) in [6, 6.07) is 11.8. The monoisotopic (exact) mass is 472 g/mol. The van der Waals surface area contributed by atoms with Gasteiger partial charge in [-0.2, -0.15) is 4.31 Å². The molecule has 0 aliphatic carbocycles. The highest BCUT2D eigenvalue weighted by atomic mass is 32.2. The second-order valence-corrected chi connectivity index (χ2v) is 8.91. The van der Waals surface area contributed by atoms with Crippen molar-refractivity contribution in [2.45, 2.75) is 25.3 Å². The quantitative estimate of drug-likeness (QED) is 0.464. The van der Waals surface area contributed by atoms with Gasteiger partial charge >= 0.3 is 5.97 Å². The van der Waals surface area contributed by atoms with Gasteiger partial charge in [-0.1, -0.05) is 19.9 Å². The Hall–Kier alpha value is -3.57. The molecule has 0 saturated carbocycles. The van der Waals surface area contributed by atoms with E-state index in [0.29, 0.717) is 18.7 Å². The maximum absolute atomic E-state index is 12.5. The van der Waals surface area contributed by atoms with E-state index in [1.165, 1.54) is 39.0 Å². The van der Waals surface area contributed by atoms with Crippen LogP contribution in [0.5, 0.6) is 0 Å². The van der Waals surface area contributed by atoms with E-state index in [2.05, 4.69) is 10.3 Å². The minimum atomic E-state index is -3.62. The Morgan fingerprint density at radius 3 is 2.45 bits per heavy atom. The fourth-order valence-corrected chi connectivity index (χ4v) is 4.59. The lowest BCUT2D eigenvalue weighted by atomic mass is 10.2. The number of nitrogens with one attached hydrogen (secondary N) is 1. The third kappa shape index (κ3) is 5.62. The first kappa shape index (κ1) is 24.1. The molecular formula is C22H24N4O6S. The Balaban J connectivity index is 1.55. The molecule has 2 heterocycles. The van der Waals surface area contributed by atoms with Crippen LogP contribution in [0.25, 0.3) is 5.65 Å². The van der Waals surface area contributed by atoms with E-state index in [-0.39, 0.29) is 28.3 Å². The van der Waals surface area contributed by atoms with Crippen molar-refractivity contribution in [3.63, 3.8) is 0 Å². The number of hydrogen-bond acceptors (Lipinski definition) is 7. The molecule has 0 unspecified atom stereocenters. The number of ether oxygens (including phenoxy) is 1. The van der Waals surface area contributed by atoms with Gasteiger partial charge in [0.1, 0.15) is 18.8 Å². The molecule has 0 spiro atoms. The summed E-state index contributed by atoms with van der Waals surface area (Å²) < 4.78 is 32.8. The summed E-state index contributed by atoms with van der Waals surface area (Å²) in [6.45, 7) is 3.56. The molecular weight excluding hydrogens is 448 g/mol. The van der Waals surface area contributed by atoms with Crippen molar-refractivity contribution in [2.75, 3.05) is 19.6 Å². The summed E-state index contributed by atoms with van der Waals surface area (Å²) >= 11 is 0. The van der Waals surface area contributed by atoms with Gasteiger partial charge in [-0.05, 0) is 36.4 Å². The van der Waals surface area contributed by atoms with Crippen LogP contribution in [0, 0.1) is 0 Å². The number of aromatic nitrogens is 2. The molecule has 0 aliphatic heterocycles. The van der Waals surface area contributed by atoms with Crippen LogP contribution in [0.3, 0.4) is 0 Å². The van der Waals surface area contributed by atoms with Crippen molar-refractivity contribution >= 4 is 27.5 Å². The number of esters is 1. The Morgan fingerprint density at radius 2 is 1.79 bits per heavy atom. The van der Waals surface area contributed by atoms with Crippen LogP contribution in [0.2, 0.25) is 0 Å². The number of carbonyl (C=O) groups is 2. The van der Waals surface area contributed by atoms with Crippen molar-refractivity contribution in [1.29, 1.82) is 0 Å². The lowest BCUT2D eigenvalue weighted by molar-refractivity contribution is -0.143. The highest BCUT2D eigenvalue weighted by molar-refractivity contribution is 7.89. The zero-order valence-electron chi connectivity index (χ0n) is 18.2. The van der Waals surface area contributed by atoms with Crippen LogP contribution in [-0.2, 0) is 26.2 Å². The fraction of sp³-hybridized carbons (Fsp3) is 0.273. The van der Waals surface area contributed by atoms with Crippen molar-refractivity contribution in [1.82, 2.24) is 19.0 Å². The molecule has 0 aliphatic rings. The fourth-order valence-electron chi connectivity index (χ4n) is 3.13. The van der Waals surface area contributed by atoms with Gasteiger partial charge in [0.25, 0.3) is 11.5 Å². The van der Waals surface area contributed by atoms with E-state index in [1.807, 2.05) is 0 Å². The third-order valence-corrected chi connectivity index (χ3v) is 6.92. The van der Waals surface area contributed by atoms with Crippen LogP contribution in [0.15, 0.2) is 64.4 Å². The smallest absolute Gasteiger partial charge is 0.325 e. The first-order valence-electron chi connectivity index (χ1n) is 10.3. The molecule has 0 bridgehead atoms. The first-order chi connectivity index (χ1) is 15.8. The molecule has 1 N–H and O–H groups in total. The van der Waals surface area contributed by atoms with E-state index in [9.17, 15) is 22.8 Å². The number of rotatable bonds is 9. The highest BCUT2D eigenvalue weighted by Gasteiger charge is 2.21. The van der Waals surface area contributed by atoms with Gasteiger partial charge < -0.3 is 10.1 Å². The molecule has 0 radical (unpaired) electrons. The average molecular weight is 473 g/mol. The SMILES string of the molecule is CCN(CC)S(=O)(=O)c1ccc(C(=O)NCC(=O)OCc2cc(=O)n3ccccc3n2)cc1. The van der Waals surface area contributed by atoms with E-state index in [4.69, 9.17) is 4.74 Å². The van der Waals surface area contributed by atoms with Gasteiger partial charge in [0, 0.05) is 30.9 Å². The Labute approximate surface area is 190 Å². The summed E-state index contributed by atoms with van der Waals surface area (Å²) in [5.41, 5.74) is 0.614. The predicted octanol–water partition coefficient (Wildman–Crippen LogP) is 1.20. The van der Waals surface area contributed by atoms with Crippen LogP contribution < -0.4 is 10.9 Å². The van der Waals surface area contributed by atoms with Gasteiger partial charge in [-0.15, -0.1) is 0 Å². The Morgan fingerprint density at radius 1 is 1.09 bits per heavy atom. The number of benzene rings is 1. The summed E-state index contributed by atoms with van der Waals surface area (Å²) in [7, 11) is -3.62. The van der Waals surface area contributed by atoms with E-state index < -0.39 is 28.4 Å². The van der Waals surface area contributed by atoms with Gasteiger partial charge in [0.15, 0.2) is 0 Å². The number of amides is 1. The molecule has 33 heavy (non-hydrogen) atoms. The number of carbonyl (C=O) groups excluding carboxylic acids is 2. The molecule has 2 aromatic heterocycles. The Kier molecular flexibility index (Phi) is 7.56. The van der Waals surface area contributed by atoms with Crippen LogP contribution >= 0.6 is 0 Å². The number of nitrogens with zero attached hydrogens (tertiary/aromatic N) is 3. The summed E-state index contributed by atoms with van der Waals surface area (Å²) in [4.78, 5) is 40.7. The molecule has 3 aromatic rings. The van der Waals surface area contributed by atoms with E-state index in [0.717, 1.165) is 0 Å². The van der Waals surface area contributed by atoms with Crippen molar-refractivity contribution in [3.8, 4) is 0 Å². The molecule has 1 aromatic carbocycles. The average Bonchev–Trinajstić information content (AvgIpc) is 2.82. The number of fused-ring (bicyclic) bond motifs is 1. The van der Waals surface area contributed by atoms with Gasteiger partial charge in [0.2, 0.25) is 10.0 Å². The zero-order valence-corrected chi connectivity index (χ0v) is 19.0. The molecule has 10 nitrogen and oxygen atoms in total. The summed E-state index contributed by atoms with van der Waals surface area (Å²) in [6.07, 6.45) is 1.58.